The molecule has 0 aliphatic heterocycles. The Labute approximate surface area is 47.1 Å². The van der Waals surface area contributed by atoms with Crippen LogP contribution in [0.1, 0.15) is 0 Å². The molecule has 2 N–H and O–H groups in total. The van der Waals surface area contributed by atoms with Gasteiger partial charge in [0.05, 0.1) is 0 Å². The molecule has 0 aliphatic carbocycles. The maximum atomic E-state index is 9.73. The molecule has 0 aromatic rings. The summed E-state index contributed by atoms with van der Waals surface area (Å²) in [7, 11) is -0.282. The van der Waals surface area contributed by atoms with Crippen LogP contribution < -0.4 is 5.73 Å². The summed E-state index contributed by atoms with van der Waals surface area (Å²) in [5.41, 5.74) is 6.70. The van der Waals surface area contributed by atoms with Gasteiger partial charge in [-0.25, -0.2) is 0 Å². The molecule has 0 bridgehead atoms. The fourth-order valence-electron chi connectivity index (χ4n) is 0.130. The summed E-state index contributed by atoms with van der Waals surface area (Å²) in [6.07, 6.45) is -0.888. The number of rotatable bonds is 1. The first-order valence-corrected chi connectivity index (χ1v) is 2.56. The zero-order chi connectivity index (χ0) is 6.41. The number of hydrogen-bond acceptors (Lipinski definition) is 3. The van der Waals surface area contributed by atoms with Gasteiger partial charge in [-0.2, -0.15) is 0 Å². The third-order valence-electron chi connectivity index (χ3n) is 0.344. The Morgan fingerprint density at radius 1 is 1.88 bits per heavy atom. The van der Waals surface area contributed by atoms with Crippen molar-refractivity contribution in [1.82, 2.24) is 0 Å². The summed E-state index contributed by atoms with van der Waals surface area (Å²) < 4.78 is 13.6. The van der Waals surface area contributed by atoms with E-state index in [4.69, 9.17) is 0 Å². The summed E-state index contributed by atoms with van der Waals surface area (Å²) in [4.78, 5) is 9.73. The first-order chi connectivity index (χ1) is 3.77. The Bertz CT molecular complexity index is 170. The normalized spacial score (nSPS) is 7.00. The van der Waals surface area contributed by atoms with Crippen LogP contribution in [-0.2, 0) is 9.30 Å². The van der Waals surface area contributed by atoms with E-state index in [2.05, 4.69) is 16.1 Å². The van der Waals surface area contributed by atoms with Crippen molar-refractivity contribution < 1.29 is 14.1 Å². The number of hydrogen-bond donors (Lipinski definition) is 1. The molecule has 4 nitrogen and oxygen atoms in total. The van der Waals surface area contributed by atoms with E-state index in [9.17, 15) is 9.36 Å². The number of nitrogens with two attached hydrogens (primary N) is 1. The summed E-state index contributed by atoms with van der Waals surface area (Å²) in [5.74, 6) is 0. The van der Waals surface area contributed by atoms with Crippen LogP contribution in [0.5, 0.6) is 0 Å². The third-order valence-corrected chi connectivity index (χ3v) is 0.602. The van der Waals surface area contributed by atoms with Gasteiger partial charge in [-0.05, 0) is 0 Å². The van der Waals surface area contributed by atoms with Crippen molar-refractivity contribution in [1.29, 1.82) is 0 Å². The molecule has 0 rings (SSSR count). The molecule has 0 radical (unpaired) electrons. The number of carbonyl (C=O) groups excluding carboxylic acids is 1. The molecular formula is C3H4NO3P. The molecule has 1 amide bonds. The fourth-order valence-corrected chi connectivity index (χ4v) is 0.247. The standard InChI is InChI=1S/C3H4NO3P/c4-3(5)7-1-2-8-6/h1H2,(H2,4,5). The Kier molecular flexibility index (Phi) is 4.04. The van der Waals surface area contributed by atoms with E-state index in [-0.39, 0.29) is 14.5 Å². The van der Waals surface area contributed by atoms with E-state index in [1.54, 1.807) is 0 Å². The second-order valence-electron chi connectivity index (χ2n) is 0.857. The second kappa shape index (κ2) is 4.44. The van der Waals surface area contributed by atoms with Crippen molar-refractivity contribution in [2.24, 2.45) is 5.73 Å². The van der Waals surface area contributed by atoms with Crippen molar-refractivity contribution in [3.05, 3.63) is 0 Å². The van der Waals surface area contributed by atoms with E-state index >= 15 is 0 Å². The zero-order valence-electron chi connectivity index (χ0n) is 3.96. The molecule has 0 aliphatic rings. The average Bonchev–Trinajstić information content (AvgIpc) is 1.66. The van der Waals surface area contributed by atoms with Gasteiger partial charge >= 0.3 is 46.1 Å². The van der Waals surface area contributed by atoms with Crippen LogP contribution in [0.3, 0.4) is 0 Å². The molecule has 0 aromatic heterocycles. The number of amides is 1. The predicted octanol–water partition coefficient (Wildman–Crippen LogP) is 0.333. The monoisotopic (exact) mass is 133 g/mol. The van der Waals surface area contributed by atoms with Gasteiger partial charge in [0.25, 0.3) is 0 Å². The van der Waals surface area contributed by atoms with Crippen LogP contribution in [0.2, 0.25) is 0 Å². The molecule has 44 valence electrons. The van der Waals surface area contributed by atoms with Crippen LogP contribution in [0.4, 0.5) is 4.79 Å². The quantitative estimate of drug-likeness (QED) is 0.524. The molecule has 0 saturated carbocycles. The van der Waals surface area contributed by atoms with Crippen molar-refractivity contribution in [3.63, 3.8) is 0 Å². The van der Waals surface area contributed by atoms with Gasteiger partial charge in [0, 0.05) is 0 Å². The maximum absolute atomic E-state index is 9.73. The Morgan fingerprint density at radius 2 is 2.50 bits per heavy atom. The summed E-state index contributed by atoms with van der Waals surface area (Å²) >= 11 is 0. The fraction of sp³-hybridized carbons (Fsp3) is 0.333. The topological polar surface area (TPSA) is 69.4 Å². The van der Waals surface area contributed by atoms with Gasteiger partial charge in [0.1, 0.15) is 0 Å². The second-order valence-corrected chi connectivity index (χ2v) is 1.36. The first kappa shape index (κ1) is 7.28. The molecular weight excluding hydrogens is 129 g/mol. The minimum absolute atomic E-state index is 0.125. The Balaban J connectivity index is 3.28. The van der Waals surface area contributed by atoms with Gasteiger partial charge in [-0.1, -0.05) is 0 Å². The molecule has 0 aromatic carbocycles. The van der Waals surface area contributed by atoms with Gasteiger partial charge in [0.15, 0.2) is 0 Å². The third kappa shape index (κ3) is 5.28. The molecule has 0 unspecified atom stereocenters. The molecule has 0 heterocycles. The molecule has 8 heavy (non-hydrogen) atoms. The zero-order valence-corrected chi connectivity index (χ0v) is 4.85. The molecule has 0 saturated heterocycles. The van der Waals surface area contributed by atoms with E-state index in [0.717, 1.165) is 0 Å². The van der Waals surface area contributed by atoms with Gasteiger partial charge in [0.2, 0.25) is 0 Å². The molecule has 0 atom stereocenters. The summed E-state index contributed by atoms with van der Waals surface area (Å²) in [5, 5.41) is 0. The summed E-state index contributed by atoms with van der Waals surface area (Å²) in [6.45, 7) is -0.125. The Morgan fingerprint density at radius 3 is 2.88 bits per heavy atom. The molecule has 0 spiro atoms. The van der Waals surface area contributed by atoms with Crippen LogP contribution in [0.15, 0.2) is 0 Å². The number of primary amides is 1. The predicted molar refractivity (Wildman–Crippen MR) is 27.0 cm³/mol. The van der Waals surface area contributed by atoms with Crippen molar-refractivity contribution >= 4 is 14.0 Å². The number of ether oxygens (including phenoxy) is 1. The van der Waals surface area contributed by atoms with E-state index in [1.165, 1.54) is 0 Å². The van der Waals surface area contributed by atoms with Crippen molar-refractivity contribution in [2.75, 3.05) is 6.61 Å². The van der Waals surface area contributed by atoms with Gasteiger partial charge in [-0.3, -0.25) is 0 Å². The van der Waals surface area contributed by atoms with Crippen LogP contribution in [-0.4, -0.2) is 12.7 Å². The van der Waals surface area contributed by atoms with Crippen LogP contribution >= 0.6 is 7.92 Å². The minimum atomic E-state index is -0.888. The van der Waals surface area contributed by atoms with Crippen molar-refractivity contribution in [3.8, 4) is 5.63 Å². The summed E-state index contributed by atoms with van der Waals surface area (Å²) in [6, 6.07) is 0. The van der Waals surface area contributed by atoms with Gasteiger partial charge in [-0.15, -0.1) is 0 Å². The van der Waals surface area contributed by atoms with Crippen molar-refractivity contribution in [2.45, 2.75) is 0 Å². The molecule has 5 heteroatoms. The Hall–Kier alpha value is -0.720. The first-order valence-electron chi connectivity index (χ1n) is 1.75. The average molecular weight is 133 g/mol. The SMILES string of the molecule is NC(=O)OCC#P=O. The van der Waals surface area contributed by atoms with E-state index in [1.807, 2.05) is 0 Å². The van der Waals surface area contributed by atoms with Crippen LogP contribution in [0, 0.1) is 5.63 Å². The molecule has 0 fully saturated rings. The van der Waals surface area contributed by atoms with Crippen LogP contribution in [0.25, 0.3) is 0 Å². The van der Waals surface area contributed by atoms with Gasteiger partial charge < -0.3 is 0 Å². The van der Waals surface area contributed by atoms with E-state index in [0.29, 0.717) is 0 Å². The number of carbonyl (C=O) groups is 1. The van der Waals surface area contributed by atoms with E-state index < -0.39 is 6.09 Å².